The van der Waals surface area contributed by atoms with Gasteiger partial charge in [-0.05, 0) is 62.9 Å². The van der Waals surface area contributed by atoms with Crippen molar-refractivity contribution in [2.75, 3.05) is 13.2 Å². The van der Waals surface area contributed by atoms with Gasteiger partial charge in [-0.3, -0.25) is 0 Å². The number of ether oxygens (including phenoxy) is 2. The smallest absolute Gasteiger partial charge is 0.410 e. The third-order valence-electron chi connectivity index (χ3n) is 5.67. The highest BCUT2D eigenvalue weighted by molar-refractivity contribution is 5.69. The van der Waals surface area contributed by atoms with Crippen LogP contribution in [-0.2, 0) is 4.74 Å². The first-order valence-electron chi connectivity index (χ1n) is 11.2. The fraction of sp³-hybridized carbons (Fsp3) is 0.370. The van der Waals surface area contributed by atoms with Gasteiger partial charge in [-0.1, -0.05) is 42.5 Å². The number of hydrogen-bond donors (Lipinski definition) is 0. The molecule has 1 aliphatic rings. The van der Waals surface area contributed by atoms with Crippen LogP contribution in [0.15, 0.2) is 77.6 Å². The molecule has 0 N–H and O–H groups in total. The van der Waals surface area contributed by atoms with Crippen molar-refractivity contribution < 1.29 is 18.7 Å². The quantitative estimate of drug-likeness (QED) is 0.462. The fourth-order valence-electron chi connectivity index (χ4n) is 4.18. The fourth-order valence-corrected chi connectivity index (χ4v) is 4.18. The molecule has 1 fully saturated rings. The molecule has 0 bridgehead atoms. The minimum Gasteiger partial charge on any atom is -0.491 e. The maximum atomic E-state index is 12.5. The number of carbonyl (C=O) groups is 1. The van der Waals surface area contributed by atoms with Crippen LogP contribution in [0.25, 0.3) is 0 Å². The zero-order valence-corrected chi connectivity index (χ0v) is 19.0. The Morgan fingerprint density at radius 3 is 2.41 bits per heavy atom. The lowest BCUT2D eigenvalue weighted by Gasteiger charge is -2.28. The lowest BCUT2D eigenvalue weighted by atomic mass is 9.87. The van der Waals surface area contributed by atoms with Gasteiger partial charge in [0.1, 0.15) is 18.0 Å². The van der Waals surface area contributed by atoms with Crippen molar-refractivity contribution in [2.45, 2.75) is 51.2 Å². The van der Waals surface area contributed by atoms with Crippen molar-refractivity contribution >= 4 is 6.09 Å². The standard InChI is InChI=1S/C27H31NO4/c1-27(2,3)32-26(29)28-16-7-10-23(28)19-31-24-13-11-21(12-14-24)25(22-15-17-30-18-22)20-8-5-4-6-9-20/h4-6,8-9,11-15,17-18,23,25H,7,10,16,19H2,1-3H3. The van der Waals surface area contributed by atoms with Gasteiger partial charge in [0.15, 0.2) is 0 Å². The molecule has 5 heteroatoms. The number of likely N-dealkylation sites (tertiary alicyclic amines) is 1. The van der Waals surface area contributed by atoms with Crippen LogP contribution in [0.1, 0.15) is 56.2 Å². The molecule has 2 aromatic carbocycles. The number of rotatable bonds is 6. The molecule has 2 unspecified atom stereocenters. The van der Waals surface area contributed by atoms with Crippen molar-refractivity contribution in [3.63, 3.8) is 0 Å². The summed E-state index contributed by atoms with van der Waals surface area (Å²) in [5.74, 6) is 0.894. The third kappa shape index (κ3) is 5.34. The molecule has 1 amide bonds. The van der Waals surface area contributed by atoms with Gasteiger partial charge in [-0.25, -0.2) is 4.79 Å². The summed E-state index contributed by atoms with van der Waals surface area (Å²) in [6, 6.07) is 20.6. The van der Waals surface area contributed by atoms with Gasteiger partial charge >= 0.3 is 6.09 Å². The summed E-state index contributed by atoms with van der Waals surface area (Å²) in [6.07, 6.45) is 5.14. The Morgan fingerprint density at radius 1 is 1.03 bits per heavy atom. The van der Waals surface area contributed by atoms with Gasteiger partial charge < -0.3 is 18.8 Å². The zero-order valence-electron chi connectivity index (χ0n) is 19.0. The van der Waals surface area contributed by atoms with E-state index in [2.05, 4.69) is 36.4 Å². The van der Waals surface area contributed by atoms with E-state index in [0.29, 0.717) is 13.2 Å². The van der Waals surface area contributed by atoms with Gasteiger partial charge in [-0.15, -0.1) is 0 Å². The van der Waals surface area contributed by atoms with Crippen molar-refractivity contribution in [1.29, 1.82) is 0 Å². The summed E-state index contributed by atoms with van der Waals surface area (Å²) in [4.78, 5) is 14.3. The lowest BCUT2D eigenvalue weighted by Crippen LogP contribution is -2.42. The second kappa shape index (κ2) is 9.51. The Kier molecular flexibility index (Phi) is 6.54. The average Bonchev–Trinajstić information content (AvgIpc) is 3.45. The Morgan fingerprint density at radius 2 is 1.75 bits per heavy atom. The first-order chi connectivity index (χ1) is 15.4. The number of furan rings is 1. The van der Waals surface area contributed by atoms with Crippen molar-refractivity contribution in [3.8, 4) is 5.75 Å². The topological polar surface area (TPSA) is 51.9 Å². The predicted molar refractivity (Wildman–Crippen MR) is 124 cm³/mol. The van der Waals surface area contributed by atoms with Crippen LogP contribution in [-0.4, -0.2) is 35.8 Å². The highest BCUT2D eigenvalue weighted by atomic mass is 16.6. The van der Waals surface area contributed by atoms with Gasteiger partial charge in [0.2, 0.25) is 0 Å². The van der Waals surface area contributed by atoms with E-state index in [1.54, 1.807) is 17.4 Å². The largest absolute Gasteiger partial charge is 0.491 e. The van der Waals surface area contributed by atoms with Crippen LogP contribution < -0.4 is 4.74 Å². The number of amides is 1. The Hall–Kier alpha value is -3.21. The van der Waals surface area contributed by atoms with Crippen LogP contribution in [0.4, 0.5) is 4.79 Å². The molecule has 0 aliphatic carbocycles. The minimum absolute atomic E-state index is 0.0347. The molecule has 4 rings (SSSR count). The van der Waals surface area contributed by atoms with E-state index in [1.807, 2.05) is 45.0 Å². The number of hydrogen-bond acceptors (Lipinski definition) is 4. The number of benzene rings is 2. The van der Waals surface area contributed by atoms with Crippen LogP contribution >= 0.6 is 0 Å². The second-order valence-electron chi connectivity index (χ2n) is 9.25. The summed E-state index contributed by atoms with van der Waals surface area (Å²) in [6.45, 7) is 6.84. The van der Waals surface area contributed by atoms with Gasteiger partial charge in [-0.2, -0.15) is 0 Å². The molecule has 1 aromatic heterocycles. The molecule has 2 heterocycles. The lowest BCUT2D eigenvalue weighted by molar-refractivity contribution is 0.0187. The monoisotopic (exact) mass is 433 g/mol. The zero-order chi connectivity index (χ0) is 22.6. The van der Waals surface area contributed by atoms with E-state index in [9.17, 15) is 4.79 Å². The van der Waals surface area contributed by atoms with Crippen LogP contribution in [0.5, 0.6) is 5.75 Å². The highest BCUT2D eigenvalue weighted by Gasteiger charge is 2.32. The van der Waals surface area contributed by atoms with Crippen LogP contribution in [0.2, 0.25) is 0 Å². The molecule has 0 spiro atoms. The second-order valence-corrected chi connectivity index (χ2v) is 9.25. The van der Waals surface area contributed by atoms with Gasteiger partial charge in [0.25, 0.3) is 0 Å². The van der Waals surface area contributed by atoms with E-state index in [-0.39, 0.29) is 18.1 Å². The Labute approximate surface area is 189 Å². The molecular formula is C27H31NO4. The highest BCUT2D eigenvalue weighted by Crippen LogP contribution is 2.33. The first kappa shape index (κ1) is 22.0. The van der Waals surface area contributed by atoms with E-state index >= 15 is 0 Å². The summed E-state index contributed by atoms with van der Waals surface area (Å²) in [7, 11) is 0. The first-order valence-corrected chi connectivity index (χ1v) is 11.2. The Balaban J connectivity index is 1.43. The van der Waals surface area contributed by atoms with Crippen molar-refractivity contribution in [3.05, 3.63) is 89.9 Å². The maximum absolute atomic E-state index is 12.5. The Bertz CT molecular complexity index is 990. The summed E-state index contributed by atoms with van der Waals surface area (Å²) in [5, 5.41) is 0. The summed E-state index contributed by atoms with van der Waals surface area (Å²) in [5.41, 5.74) is 3.00. The van der Waals surface area contributed by atoms with Crippen LogP contribution in [0.3, 0.4) is 0 Å². The number of carbonyl (C=O) groups excluding carboxylic acids is 1. The molecule has 32 heavy (non-hydrogen) atoms. The number of nitrogens with zero attached hydrogens (tertiary/aromatic N) is 1. The molecular weight excluding hydrogens is 402 g/mol. The average molecular weight is 434 g/mol. The molecule has 1 aliphatic heterocycles. The van der Waals surface area contributed by atoms with E-state index in [0.717, 1.165) is 24.2 Å². The van der Waals surface area contributed by atoms with E-state index in [1.165, 1.54) is 11.1 Å². The minimum atomic E-state index is -0.495. The summed E-state index contributed by atoms with van der Waals surface area (Å²) >= 11 is 0. The molecule has 0 saturated carbocycles. The maximum Gasteiger partial charge on any atom is 0.410 e. The van der Waals surface area contributed by atoms with Crippen molar-refractivity contribution in [1.82, 2.24) is 4.90 Å². The molecule has 0 radical (unpaired) electrons. The molecule has 168 valence electrons. The van der Waals surface area contributed by atoms with Gasteiger partial charge in [0.05, 0.1) is 18.6 Å². The van der Waals surface area contributed by atoms with E-state index in [4.69, 9.17) is 13.9 Å². The molecule has 1 saturated heterocycles. The SMILES string of the molecule is CC(C)(C)OC(=O)N1CCCC1COc1ccc(C(c2ccccc2)c2ccoc2)cc1. The third-order valence-corrected chi connectivity index (χ3v) is 5.67. The van der Waals surface area contributed by atoms with E-state index < -0.39 is 5.60 Å². The molecule has 5 nitrogen and oxygen atoms in total. The molecule has 3 aromatic rings. The molecule has 2 atom stereocenters. The normalized spacial score (nSPS) is 17.2. The predicted octanol–water partition coefficient (Wildman–Crippen LogP) is 6.24. The van der Waals surface area contributed by atoms with Crippen LogP contribution in [0, 0.1) is 0 Å². The van der Waals surface area contributed by atoms with Crippen molar-refractivity contribution in [2.24, 2.45) is 0 Å². The summed E-state index contributed by atoms with van der Waals surface area (Å²) < 4.78 is 17.0. The van der Waals surface area contributed by atoms with Gasteiger partial charge in [0, 0.05) is 18.0 Å².